The molecule has 0 aromatic heterocycles. The van der Waals surface area contributed by atoms with Crippen molar-refractivity contribution < 1.29 is 9.59 Å². The number of rotatable bonds is 6. The number of aliphatic imine (C=N–C) groups is 1. The van der Waals surface area contributed by atoms with Gasteiger partial charge in [-0.05, 0) is 45.2 Å². The third-order valence-electron chi connectivity index (χ3n) is 5.60. The number of carbonyl (C=O) groups excluding carboxylic acids is 2. The normalized spacial score (nSPS) is 22.7. The lowest BCUT2D eigenvalue weighted by Crippen LogP contribution is -2.45. The zero-order valence-corrected chi connectivity index (χ0v) is 17.6. The molecule has 158 valence electrons. The van der Waals surface area contributed by atoms with E-state index in [2.05, 4.69) is 22.5 Å². The summed E-state index contributed by atoms with van der Waals surface area (Å²) in [7, 11) is 0. The quantitative estimate of drug-likeness (QED) is 0.568. The fourth-order valence-electron chi connectivity index (χ4n) is 4.05. The highest BCUT2D eigenvalue weighted by molar-refractivity contribution is 5.97. The molecule has 2 heterocycles. The average Bonchev–Trinajstić information content (AvgIpc) is 3.09. The van der Waals surface area contributed by atoms with Gasteiger partial charge in [-0.15, -0.1) is 0 Å². The minimum atomic E-state index is -0.00155. The van der Waals surface area contributed by atoms with Crippen LogP contribution in [0.2, 0.25) is 0 Å². The van der Waals surface area contributed by atoms with Crippen molar-refractivity contribution in [3.8, 4) is 0 Å². The van der Waals surface area contributed by atoms with Gasteiger partial charge >= 0.3 is 0 Å². The second kappa shape index (κ2) is 10.3. The number of carbonyl (C=O) groups is 2. The number of hydrogen-bond donors (Lipinski definition) is 2. The lowest BCUT2D eigenvalue weighted by atomic mass is 10.0. The molecule has 2 atom stereocenters. The molecule has 29 heavy (non-hydrogen) atoms. The largest absolute Gasteiger partial charge is 0.357 e. The number of likely N-dealkylation sites (tertiary alicyclic amines) is 1. The third kappa shape index (κ3) is 5.71. The van der Waals surface area contributed by atoms with Crippen LogP contribution in [0.25, 0.3) is 0 Å². The van der Waals surface area contributed by atoms with Crippen LogP contribution in [0.15, 0.2) is 35.3 Å². The van der Waals surface area contributed by atoms with Crippen LogP contribution >= 0.6 is 0 Å². The maximum atomic E-state index is 12.5. The van der Waals surface area contributed by atoms with E-state index in [1.165, 1.54) is 6.42 Å². The van der Waals surface area contributed by atoms with Gasteiger partial charge in [-0.25, -0.2) is 0 Å². The van der Waals surface area contributed by atoms with E-state index in [1.807, 2.05) is 47.1 Å². The molecule has 7 heteroatoms. The maximum Gasteiger partial charge on any atom is 0.229 e. The number of guanidine groups is 1. The molecule has 0 radical (unpaired) electrons. The molecule has 1 aromatic carbocycles. The predicted octanol–water partition coefficient (Wildman–Crippen LogP) is 2.14. The van der Waals surface area contributed by atoms with Crippen LogP contribution in [0.5, 0.6) is 0 Å². The molecule has 2 unspecified atom stereocenters. The lowest BCUT2D eigenvalue weighted by Gasteiger charge is -2.33. The molecular weight excluding hydrogens is 366 g/mol. The van der Waals surface area contributed by atoms with Gasteiger partial charge in [0.1, 0.15) is 0 Å². The van der Waals surface area contributed by atoms with E-state index in [0.717, 1.165) is 31.6 Å². The predicted molar refractivity (Wildman–Crippen MR) is 116 cm³/mol. The van der Waals surface area contributed by atoms with Crippen molar-refractivity contribution in [2.45, 2.75) is 58.0 Å². The maximum absolute atomic E-state index is 12.5. The fourth-order valence-corrected chi connectivity index (χ4v) is 4.05. The summed E-state index contributed by atoms with van der Waals surface area (Å²) in [5.74, 6) is 0.960. The monoisotopic (exact) mass is 399 g/mol. The number of nitrogens with zero attached hydrogens (tertiary/aromatic N) is 3. The topological polar surface area (TPSA) is 77.0 Å². The molecular formula is C22H33N5O2. The SMILES string of the molecule is CCNC(=NCCC(=O)N1CCCCC1C)NC1CC(=O)N(c2ccccc2)C1. The van der Waals surface area contributed by atoms with Crippen LogP contribution in [0.3, 0.4) is 0 Å². The summed E-state index contributed by atoms with van der Waals surface area (Å²) >= 11 is 0. The zero-order valence-electron chi connectivity index (χ0n) is 17.6. The first-order valence-electron chi connectivity index (χ1n) is 10.8. The van der Waals surface area contributed by atoms with Gasteiger partial charge in [0.15, 0.2) is 5.96 Å². The second-order valence-electron chi connectivity index (χ2n) is 7.83. The Hall–Kier alpha value is -2.57. The Morgan fingerprint density at radius 1 is 1.24 bits per heavy atom. The van der Waals surface area contributed by atoms with Crippen molar-refractivity contribution in [1.82, 2.24) is 15.5 Å². The van der Waals surface area contributed by atoms with E-state index in [9.17, 15) is 9.59 Å². The fraction of sp³-hybridized carbons (Fsp3) is 0.591. The summed E-state index contributed by atoms with van der Waals surface area (Å²) in [6.07, 6.45) is 4.24. The summed E-state index contributed by atoms with van der Waals surface area (Å²) in [6, 6.07) is 10.1. The van der Waals surface area contributed by atoms with Crippen molar-refractivity contribution in [3.63, 3.8) is 0 Å². The van der Waals surface area contributed by atoms with Gasteiger partial charge in [0.25, 0.3) is 0 Å². The van der Waals surface area contributed by atoms with Crippen molar-refractivity contribution >= 4 is 23.5 Å². The van der Waals surface area contributed by atoms with Gasteiger partial charge in [-0.1, -0.05) is 18.2 Å². The highest BCUT2D eigenvalue weighted by Gasteiger charge is 2.31. The van der Waals surface area contributed by atoms with Crippen LogP contribution in [0.1, 0.15) is 46.0 Å². The van der Waals surface area contributed by atoms with Gasteiger partial charge in [0, 0.05) is 44.2 Å². The van der Waals surface area contributed by atoms with Crippen LogP contribution in [-0.2, 0) is 9.59 Å². The van der Waals surface area contributed by atoms with Gasteiger partial charge in [-0.2, -0.15) is 0 Å². The van der Waals surface area contributed by atoms with Crippen LogP contribution in [0.4, 0.5) is 5.69 Å². The molecule has 0 saturated carbocycles. The molecule has 2 aliphatic rings. The van der Waals surface area contributed by atoms with Crippen molar-refractivity contribution in [2.75, 3.05) is 31.1 Å². The summed E-state index contributed by atoms with van der Waals surface area (Å²) in [5, 5.41) is 6.59. The molecule has 0 spiro atoms. The summed E-state index contributed by atoms with van der Waals surface area (Å²) in [5.41, 5.74) is 0.921. The molecule has 7 nitrogen and oxygen atoms in total. The van der Waals surface area contributed by atoms with Crippen molar-refractivity contribution in [2.24, 2.45) is 4.99 Å². The molecule has 3 rings (SSSR count). The Balaban J connectivity index is 1.53. The molecule has 1 aromatic rings. The molecule has 2 aliphatic heterocycles. The summed E-state index contributed by atoms with van der Waals surface area (Å²) < 4.78 is 0. The molecule has 2 N–H and O–H groups in total. The van der Waals surface area contributed by atoms with Crippen LogP contribution < -0.4 is 15.5 Å². The third-order valence-corrected chi connectivity index (χ3v) is 5.60. The minimum absolute atomic E-state index is 0.00155. The molecule has 2 saturated heterocycles. The Bertz CT molecular complexity index is 721. The zero-order chi connectivity index (χ0) is 20.6. The molecule has 0 aliphatic carbocycles. The number of para-hydroxylation sites is 1. The smallest absolute Gasteiger partial charge is 0.229 e. The van der Waals surface area contributed by atoms with E-state index >= 15 is 0 Å². The van der Waals surface area contributed by atoms with Crippen molar-refractivity contribution in [3.05, 3.63) is 30.3 Å². The van der Waals surface area contributed by atoms with E-state index in [-0.39, 0.29) is 17.9 Å². The van der Waals surface area contributed by atoms with Crippen LogP contribution in [-0.4, -0.2) is 60.9 Å². The first-order valence-corrected chi connectivity index (χ1v) is 10.8. The van der Waals surface area contributed by atoms with E-state index < -0.39 is 0 Å². The first kappa shape index (κ1) is 21.1. The minimum Gasteiger partial charge on any atom is -0.357 e. The summed E-state index contributed by atoms with van der Waals surface area (Å²) in [6.45, 7) is 6.78. The Morgan fingerprint density at radius 3 is 2.76 bits per heavy atom. The highest BCUT2D eigenvalue weighted by Crippen LogP contribution is 2.21. The number of piperidine rings is 1. The van der Waals surface area contributed by atoms with Gasteiger partial charge in [0.2, 0.25) is 11.8 Å². The van der Waals surface area contributed by atoms with Gasteiger partial charge in [0.05, 0.1) is 12.6 Å². The van der Waals surface area contributed by atoms with E-state index in [4.69, 9.17) is 0 Å². The number of amides is 2. The average molecular weight is 400 g/mol. The Kier molecular flexibility index (Phi) is 7.49. The van der Waals surface area contributed by atoms with E-state index in [0.29, 0.717) is 37.9 Å². The lowest BCUT2D eigenvalue weighted by molar-refractivity contribution is -0.134. The molecule has 2 fully saturated rings. The molecule has 0 bridgehead atoms. The number of anilines is 1. The van der Waals surface area contributed by atoms with Crippen LogP contribution in [0, 0.1) is 0 Å². The Morgan fingerprint density at radius 2 is 2.03 bits per heavy atom. The van der Waals surface area contributed by atoms with Gasteiger partial charge in [-0.3, -0.25) is 14.6 Å². The first-order chi connectivity index (χ1) is 14.1. The standard InChI is InChI=1S/C22H33N5O2/c1-3-23-22(24-13-12-20(28)26-14-8-7-9-17(26)2)25-18-15-21(29)27(16-18)19-10-5-4-6-11-19/h4-6,10-11,17-18H,3,7-9,12-16H2,1-2H3,(H2,23,24,25). The van der Waals surface area contributed by atoms with Crippen molar-refractivity contribution in [1.29, 1.82) is 0 Å². The summed E-state index contributed by atoms with van der Waals surface area (Å²) in [4.78, 5) is 33.3. The number of hydrogen-bond acceptors (Lipinski definition) is 3. The molecule has 2 amide bonds. The second-order valence-corrected chi connectivity index (χ2v) is 7.83. The Labute approximate surface area is 173 Å². The van der Waals surface area contributed by atoms with Gasteiger partial charge < -0.3 is 20.4 Å². The number of benzene rings is 1. The highest BCUT2D eigenvalue weighted by atomic mass is 16.2. The van der Waals surface area contributed by atoms with E-state index in [1.54, 1.807) is 0 Å². The number of nitrogens with one attached hydrogen (secondary N) is 2.